The molecule has 0 bridgehead atoms. The van der Waals surface area contributed by atoms with E-state index >= 15 is 0 Å². The second-order valence-electron chi connectivity index (χ2n) is 6.42. The number of ether oxygens (including phenoxy) is 4. The summed E-state index contributed by atoms with van der Waals surface area (Å²) in [6, 6.07) is 23.1. The fraction of sp³-hybridized carbons (Fsp3) is 0.160. The van der Waals surface area contributed by atoms with Gasteiger partial charge in [0, 0.05) is 0 Å². The molecule has 3 aromatic rings. The molecule has 0 saturated heterocycles. The van der Waals surface area contributed by atoms with Gasteiger partial charge in [-0.3, -0.25) is 0 Å². The minimum absolute atomic E-state index is 0.446. The molecule has 5 nitrogen and oxygen atoms in total. The van der Waals surface area contributed by atoms with E-state index in [9.17, 15) is 5.26 Å². The second kappa shape index (κ2) is 10.0. The Morgan fingerprint density at radius 2 is 1.47 bits per heavy atom. The molecule has 0 N–H and O–H groups in total. The van der Waals surface area contributed by atoms with Crippen LogP contribution in [-0.2, 0) is 6.61 Å². The van der Waals surface area contributed by atoms with Gasteiger partial charge in [-0.15, -0.1) is 0 Å². The Morgan fingerprint density at radius 3 is 2.13 bits per heavy atom. The maximum absolute atomic E-state index is 9.68. The van der Waals surface area contributed by atoms with Crippen LogP contribution in [0.15, 0.2) is 66.7 Å². The molecule has 30 heavy (non-hydrogen) atoms. The first-order valence-electron chi connectivity index (χ1n) is 9.37. The lowest BCUT2D eigenvalue weighted by Crippen LogP contribution is -1.97. The van der Waals surface area contributed by atoms with Crippen molar-refractivity contribution in [3.63, 3.8) is 0 Å². The molecular weight excluding hydrogens is 378 g/mol. The Morgan fingerprint density at radius 1 is 0.800 bits per heavy atom. The molecule has 0 spiro atoms. The summed E-state index contributed by atoms with van der Waals surface area (Å²) in [6.07, 6.45) is 1.80. The number of allylic oxidation sites excluding steroid dienone is 1. The Kier molecular flexibility index (Phi) is 6.96. The van der Waals surface area contributed by atoms with Gasteiger partial charge in [0.05, 0.1) is 33.0 Å². The number of hydrogen-bond donors (Lipinski definition) is 0. The zero-order valence-electron chi connectivity index (χ0n) is 17.2. The van der Waals surface area contributed by atoms with Gasteiger partial charge < -0.3 is 18.9 Å². The Hall–Kier alpha value is -3.91. The lowest BCUT2D eigenvalue weighted by Gasteiger charge is -2.12. The molecule has 0 unspecified atom stereocenters. The zero-order chi connectivity index (χ0) is 21.3. The zero-order valence-corrected chi connectivity index (χ0v) is 17.2. The molecule has 0 amide bonds. The van der Waals surface area contributed by atoms with Crippen molar-refractivity contribution >= 4 is 11.6 Å². The van der Waals surface area contributed by atoms with E-state index in [-0.39, 0.29) is 0 Å². The monoisotopic (exact) mass is 401 g/mol. The molecule has 3 rings (SSSR count). The van der Waals surface area contributed by atoms with Crippen LogP contribution in [0.2, 0.25) is 0 Å². The summed E-state index contributed by atoms with van der Waals surface area (Å²) in [5.41, 5.74) is 3.13. The average Bonchev–Trinajstić information content (AvgIpc) is 2.81. The summed E-state index contributed by atoms with van der Waals surface area (Å²) in [5, 5.41) is 9.68. The molecule has 152 valence electrons. The van der Waals surface area contributed by atoms with Gasteiger partial charge in [0.15, 0.2) is 23.0 Å². The van der Waals surface area contributed by atoms with Crippen LogP contribution in [0.3, 0.4) is 0 Å². The van der Waals surface area contributed by atoms with Crippen LogP contribution in [0.1, 0.15) is 16.7 Å². The summed E-state index contributed by atoms with van der Waals surface area (Å²) in [6.45, 7) is 0.446. The summed E-state index contributed by atoms with van der Waals surface area (Å²) >= 11 is 0. The van der Waals surface area contributed by atoms with Gasteiger partial charge in [-0.2, -0.15) is 5.26 Å². The second-order valence-corrected chi connectivity index (χ2v) is 6.42. The van der Waals surface area contributed by atoms with Gasteiger partial charge >= 0.3 is 0 Å². The van der Waals surface area contributed by atoms with Gasteiger partial charge in [0.2, 0.25) is 0 Å². The quantitative estimate of drug-likeness (QED) is 0.376. The third kappa shape index (κ3) is 4.92. The van der Waals surface area contributed by atoms with Gasteiger partial charge in [-0.1, -0.05) is 36.4 Å². The maximum atomic E-state index is 9.68. The maximum Gasteiger partial charge on any atom is 0.161 e. The van der Waals surface area contributed by atoms with Crippen LogP contribution in [0.5, 0.6) is 23.0 Å². The number of nitrogens with zero attached hydrogens (tertiary/aromatic N) is 1. The van der Waals surface area contributed by atoms with Crippen LogP contribution < -0.4 is 18.9 Å². The SMILES string of the molecule is COc1ccc(/C(C#N)=C/c2ccc(OCc3ccccc3)c(OC)c2)cc1OC. The fourth-order valence-corrected chi connectivity index (χ4v) is 2.98. The molecule has 0 fully saturated rings. The van der Waals surface area contributed by atoms with Gasteiger partial charge in [0.1, 0.15) is 6.61 Å². The van der Waals surface area contributed by atoms with Crippen LogP contribution in [0.4, 0.5) is 0 Å². The molecular formula is C25H23NO4. The molecule has 0 aromatic heterocycles. The fourth-order valence-electron chi connectivity index (χ4n) is 2.98. The van der Waals surface area contributed by atoms with Crippen molar-refractivity contribution < 1.29 is 18.9 Å². The Balaban J connectivity index is 1.85. The van der Waals surface area contributed by atoms with Crippen LogP contribution in [-0.4, -0.2) is 21.3 Å². The number of rotatable bonds is 8. The normalized spacial score (nSPS) is 10.8. The highest BCUT2D eigenvalue weighted by Crippen LogP contribution is 2.33. The van der Waals surface area contributed by atoms with Crippen molar-refractivity contribution in [2.45, 2.75) is 6.61 Å². The number of hydrogen-bond acceptors (Lipinski definition) is 5. The van der Waals surface area contributed by atoms with Crippen molar-refractivity contribution in [2.24, 2.45) is 0 Å². The molecule has 0 aliphatic rings. The summed E-state index contributed by atoms with van der Waals surface area (Å²) < 4.78 is 22.0. The molecule has 0 saturated carbocycles. The van der Waals surface area contributed by atoms with Gasteiger partial charge in [0.25, 0.3) is 0 Å². The van der Waals surface area contributed by atoms with E-state index in [0.717, 1.165) is 16.7 Å². The summed E-state index contributed by atoms with van der Waals surface area (Å²) in [5.74, 6) is 2.42. The largest absolute Gasteiger partial charge is 0.493 e. The molecule has 0 aliphatic carbocycles. The van der Waals surface area contributed by atoms with Gasteiger partial charge in [-0.05, 0) is 53.1 Å². The molecule has 0 atom stereocenters. The smallest absolute Gasteiger partial charge is 0.161 e. The van der Waals surface area contributed by atoms with Crippen LogP contribution in [0, 0.1) is 11.3 Å². The molecule has 0 heterocycles. The molecule has 0 aliphatic heterocycles. The van der Waals surface area contributed by atoms with Crippen molar-refractivity contribution in [3.8, 4) is 29.1 Å². The lowest BCUT2D eigenvalue weighted by atomic mass is 10.0. The van der Waals surface area contributed by atoms with Crippen molar-refractivity contribution in [1.29, 1.82) is 5.26 Å². The van der Waals surface area contributed by atoms with Crippen molar-refractivity contribution in [2.75, 3.05) is 21.3 Å². The highest BCUT2D eigenvalue weighted by Gasteiger charge is 2.10. The molecule has 0 radical (unpaired) electrons. The third-order valence-corrected chi connectivity index (χ3v) is 4.55. The Labute approximate surface area is 176 Å². The van der Waals surface area contributed by atoms with Crippen molar-refractivity contribution in [1.82, 2.24) is 0 Å². The summed E-state index contributed by atoms with van der Waals surface area (Å²) in [7, 11) is 4.74. The average molecular weight is 401 g/mol. The predicted molar refractivity (Wildman–Crippen MR) is 117 cm³/mol. The first-order chi connectivity index (χ1) is 14.7. The summed E-state index contributed by atoms with van der Waals surface area (Å²) in [4.78, 5) is 0. The highest BCUT2D eigenvalue weighted by molar-refractivity contribution is 5.90. The predicted octanol–water partition coefficient (Wildman–Crippen LogP) is 5.36. The van der Waals surface area contributed by atoms with Crippen LogP contribution >= 0.6 is 0 Å². The van der Waals surface area contributed by atoms with E-state index < -0.39 is 0 Å². The topological polar surface area (TPSA) is 60.7 Å². The molecule has 3 aromatic carbocycles. The lowest BCUT2D eigenvalue weighted by molar-refractivity contribution is 0.284. The van der Waals surface area contributed by atoms with E-state index in [1.54, 1.807) is 39.5 Å². The van der Waals surface area contributed by atoms with Gasteiger partial charge in [-0.25, -0.2) is 0 Å². The van der Waals surface area contributed by atoms with E-state index in [0.29, 0.717) is 35.2 Å². The minimum atomic E-state index is 0.446. The van der Waals surface area contributed by atoms with Crippen molar-refractivity contribution in [3.05, 3.63) is 83.4 Å². The number of methoxy groups -OCH3 is 3. The van der Waals surface area contributed by atoms with Crippen LogP contribution in [0.25, 0.3) is 11.6 Å². The minimum Gasteiger partial charge on any atom is -0.493 e. The van der Waals surface area contributed by atoms with E-state index in [2.05, 4.69) is 6.07 Å². The van der Waals surface area contributed by atoms with E-state index in [1.165, 1.54) is 0 Å². The third-order valence-electron chi connectivity index (χ3n) is 4.55. The Bertz CT molecular complexity index is 1070. The highest BCUT2D eigenvalue weighted by atomic mass is 16.5. The standard InChI is InChI=1S/C25H23NO4/c1-27-22-12-10-20(15-25(22)29-3)21(16-26)13-19-9-11-23(24(14-19)28-2)30-17-18-7-5-4-6-8-18/h4-15H,17H2,1-3H3/b21-13+. The van der Waals surface area contributed by atoms with E-state index in [4.69, 9.17) is 18.9 Å². The molecule has 5 heteroatoms. The number of nitriles is 1. The first-order valence-corrected chi connectivity index (χ1v) is 9.37. The number of benzene rings is 3. The van der Waals surface area contributed by atoms with E-state index in [1.807, 2.05) is 54.6 Å². The first kappa shape index (κ1) is 20.8.